The Balaban J connectivity index is 0.00000392. The van der Waals surface area contributed by atoms with Gasteiger partial charge in [-0.05, 0) is 31.5 Å². The molecule has 0 aliphatic rings. The molecule has 1 aromatic carbocycles. The molecule has 0 unspecified atom stereocenters. The van der Waals surface area contributed by atoms with Crippen LogP contribution in [0, 0.1) is 6.92 Å². The summed E-state index contributed by atoms with van der Waals surface area (Å²) in [6.45, 7) is 5.92. The first-order valence-corrected chi connectivity index (χ1v) is 11.0. The number of aryl methyl sites for hydroxylation is 1. The van der Waals surface area contributed by atoms with E-state index in [1.54, 1.807) is 35.6 Å². The molecule has 0 radical (unpaired) electrons. The largest absolute Gasteiger partial charge is 0.357 e. The summed E-state index contributed by atoms with van der Waals surface area (Å²) in [7, 11) is 1.61. The van der Waals surface area contributed by atoms with Crippen LogP contribution in [0.5, 0.6) is 0 Å². The lowest BCUT2D eigenvalue weighted by Gasteiger charge is -2.21. The fourth-order valence-corrected chi connectivity index (χ4v) is 3.92. The Morgan fingerprint density at radius 3 is 2.36 bits per heavy atom. The molecule has 0 spiro atoms. The molecular weight excluding hydrogens is 509 g/mol. The Labute approximate surface area is 189 Å². The molecule has 2 rings (SSSR count). The standard InChI is InChI=1S/C18H27N5O2S2.HI/c1-6-19-18(23(5)12-16-13-26-14(2)21-16)20-11-15-7-9-17(10-8-15)27(24,25)22(3)4;/h7-10,13H,6,11-12H2,1-5H3,(H,19,20);1H. The highest BCUT2D eigenvalue weighted by Gasteiger charge is 2.16. The lowest BCUT2D eigenvalue weighted by atomic mass is 10.2. The fourth-order valence-electron chi connectivity index (χ4n) is 2.41. The van der Waals surface area contributed by atoms with Crippen molar-refractivity contribution in [1.29, 1.82) is 0 Å². The second-order valence-corrected chi connectivity index (χ2v) is 9.53. The molecule has 1 N–H and O–H groups in total. The summed E-state index contributed by atoms with van der Waals surface area (Å²) in [5.74, 6) is 0.785. The topological polar surface area (TPSA) is 77.9 Å². The second kappa shape index (κ2) is 11.1. The van der Waals surface area contributed by atoms with E-state index < -0.39 is 10.0 Å². The molecule has 0 atom stereocenters. The zero-order valence-corrected chi connectivity index (χ0v) is 20.8. The van der Waals surface area contributed by atoms with Gasteiger partial charge in [-0.15, -0.1) is 35.3 Å². The summed E-state index contributed by atoms with van der Waals surface area (Å²) >= 11 is 1.64. The Hall–Kier alpha value is -1.24. The van der Waals surface area contributed by atoms with Gasteiger partial charge >= 0.3 is 0 Å². The van der Waals surface area contributed by atoms with Crippen molar-refractivity contribution < 1.29 is 8.42 Å². The number of rotatable bonds is 7. The minimum atomic E-state index is -3.41. The smallest absolute Gasteiger partial charge is 0.242 e. The third-order valence-corrected chi connectivity index (χ3v) is 6.53. The molecule has 10 heteroatoms. The quantitative estimate of drug-likeness (QED) is 0.334. The van der Waals surface area contributed by atoms with Gasteiger partial charge in [-0.25, -0.2) is 22.7 Å². The first-order chi connectivity index (χ1) is 12.7. The number of hydrogen-bond donors (Lipinski definition) is 1. The van der Waals surface area contributed by atoms with Crippen molar-refractivity contribution in [3.8, 4) is 0 Å². The summed E-state index contributed by atoms with van der Waals surface area (Å²) in [5, 5.41) is 6.38. The zero-order chi connectivity index (χ0) is 20.0. The van der Waals surface area contributed by atoms with E-state index in [-0.39, 0.29) is 28.9 Å². The Morgan fingerprint density at radius 1 is 1.21 bits per heavy atom. The van der Waals surface area contributed by atoms with Crippen molar-refractivity contribution >= 4 is 51.3 Å². The van der Waals surface area contributed by atoms with E-state index in [1.807, 2.05) is 25.8 Å². The van der Waals surface area contributed by atoms with E-state index in [0.29, 0.717) is 13.1 Å². The SMILES string of the molecule is CCNC(=NCc1ccc(S(=O)(=O)N(C)C)cc1)N(C)Cc1csc(C)n1.I. The predicted octanol–water partition coefficient (Wildman–Crippen LogP) is 2.92. The molecule has 0 saturated carbocycles. The van der Waals surface area contributed by atoms with Crippen LogP contribution in [0.2, 0.25) is 0 Å². The molecule has 156 valence electrons. The molecule has 28 heavy (non-hydrogen) atoms. The van der Waals surface area contributed by atoms with E-state index in [9.17, 15) is 8.42 Å². The third kappa shape index (κ3) is 6.68. The predicted molar refractivity (Wildman–Crippen MR) is 126 cm³/mol. The maximum Gasteiger partial charge on any atom is 0.242 e. The number of nitrogens with one attached hydrogen (secondary N) is 1. The summed E-state index contributed by atoms with van der Waals surface area (Å²) in [6.07, 6.45) is 0. The highest BCUT2D eigenvalue weighted by atomic mass is 127. The summed E-state index contributed by atoms with van der Waals surface area (Å²) in [4.78, 5) is 11.5. The van der Waals surface area contributed by atoms with Crippen molar-refractivity contribution in [2.45, 2.75) is 31.8 Å². The van der Waals surface area contributed by atoms with Gasteiger partial charge in [0, 0.05) is 33.1 Å². The molecule has 0 aliphatic carbocycles. The molecule has 1 heterocycles. The Morgan fingerprint density at radius 2 is 1.86 bits per heavy atom. The van der Waals surface area contributed by atoms with Crippen LogP contribution in [0.15, 0.2) is 39.5 Å². The molecule has 0 amide bonds. The van der Waals surface area contributed by atoms with Crippen LogP contribution in [0.4, 0.5) is 0 Å². The van der Waals surface area contributed by atoms with E-state index >= 15 is 0 Å². The van der Waals surface area contributed by atoms with Crippen LogP contribution in [0.25, 0.3) is 0 Å². The maximum absolute atomic E-state index is 12.1. The molecule has 2 aromatic rings. The van der Waals surface area contributed by atoms with Gasteiger partial charge in [0.2, 0.25) is 10.0 Å². The number of nitrogens with zero attached hydrogens (tertiary/aromatic N) is 4. The van der Waals surface area contributed by atoms with E-state index in [1.165, 1.54) is 18.4 Å². The number of aliphatic imine (C=N–C) groups is 1. The monoisotopic (exact) mass is 537 g/mol. The van der Waals surface area contributed by atoms with Gasteiger partial charge in [0.15, 0.2) is 5.96 Å². The maximum atomic E-state index is 12.1. The van der Waals surface area contributed by atoms with Crippen molar-refractivity contribution in [3.05, 3.63) is 45.9 Å². The van der Waals surface area contributed by atoms with Crippen LogP contribution in [-0.2, 0) is 23.1 Å². The average Bonchev–Trinajstić information content (AvgIpc) is 3.03. The number of halogens is 1. The minimum absolute atomic E-state index is 0. The first-order valence-electron chi connectivity index (χ1n) is 8.66. The van der Waals surface area contributed by atoms with E-state index in [2.05, 4.69) is 20.7 Å². The van der Waals surface area contributed by atoms with Crippen LogP contribution < -0.4 is 5.32 Å². The number of hydrogen-bond acceptors (Lipinski definition) is 5. The highest BCUT2D eigenvalue weighted by molar-refractivity contribution is 14.0. The molecule has 7 nitrogen and oxygen atoms in total. The Bertz CT molecular complexity index is 880. The number of sulfonamides is 1. The molecule has 0 aliphatic heterocycles. The molecular formula is C18H28IN5O2S2. The number of benzene rings is 1. The first kappa shape index (κ1) is 24.8. The number of guanidine groups is 1. The fraction of sp³-hybridized carbons (Fsp3) is 0.444. The Kier molecular flexibility index (Phi) is 9.81. The average molecular weight is 537 g/mol. The molecule has 0 bridgehead atoms. The summed E-state index contributed by atoms with van der Waals surface area (Å²) < 4.78 is 25.5. The van der Waals surface area contributed by atoms with Crippen LogP contribution in [0.3, 0.4) is 0 Å². The van der Waals surface area contributed by atoms with E-state index in [4.69, 9.17) is 0 Å². The van der Waals surface area contributed by atoms with Gasteiger partial charge in [0.25, 0.3) is 0 Å². The second-order valence-electron chi connectivity index (χ2n) is 6.32. The highest BCUT2D eigenvalue weighted by Crippen LogP contribution is 2.15. The van der Waals surface area contributed by atoms with Crippen molar-refractivity contribution in [2.24, 2.45) is 4.99 Å². The summed E-state index contributed by atoms with van der Waals surface area (Å²) in [5.41, 5.74) is 1.96. The molecule has 0 saturated heterocycles. The number of aromatic nitrogens is 1. The lowest BCUT2D eigenvalue weighted by Crippen LogP contribution is -2.38. The van der Waals surface area contributed by atoms with Gasteiger partial charge in [-0.1, -0.05) is 12.1 Å². The van der Waals surface area contributed by atoms with Crippen LogP contribution >= 0.6 is 35.3 Å². The van der Waals surface area contributed by atoms with Crippen LogP contribution in [-0.4, -0.2) is 56.3 Å². The third-order valence-electron chi connectivity index (χ3n) is 3.88. The molecule has 0 fully saturated rings. The van der Waals surface area contributed by atoms with Crippen LogP contribution in [0.1, 0.15) is 23.2 Å². The lowest BCUT2D eigenvalue weighted by molar-refractivity contribution is 0.471. The van der Waals surface area contributed by atoms with E-state index in [0.717, 1.165) is 28.8 Å². The molecule has 1 aromatic heterocycles. The van der Waals surface area contributed by atoms with Gasteiger partial charge < -0.3 is 10.2 Å². The van der Waals surface area contributed by atoms with Gasteiger partial charge in [0.1, 0.15) is 0 Å². The van der Waals surface area contributed by atoms with Crippen molar-refractivity contribution in [2.75, 3.05) is 27.7 Å². The minimum Gasteiger partial charge on any atom is -0.357 e. The number of thiazole rings is 1. The van der Waals surface area contributed by atoms with Gasteiger partial charge in [-0.3, -0.25) is 0 Å². The van der Waals surface area contributed by atoms with Gasteiger partial charge in [0.05, 0.1) is 28.7 Å². The van der Waals surface area contributed by atoms with Crippen molar-refractivity contribution in [1.82, 2.24) is 19.5 Å². The summed E-state index contributed by atoms with van der Waals surface area (Å²) in [6, 6.07) is 6.84. The zero-order valence-electron chi connectivity index (χ0n) is 16.8. The van der Waals surface area contributed by atoms with Crippen molar-refractivity contribution in [3.63, 3.8) is 0 Å². The normalized spacial score (nSPS) is 12.0. The van der Waals surface area contributed by atoms with Gasteiger partial charge in [-0.2, -0.15) is 0 Å².